The normalized spacial score (nSPS) is 10.1. The second-order valence-electron chi connectivity index (χ2n) is 3.16. The van der Waals surface area contributed by atoms with Crippen LogP contribution in [0.2, 0.25) is 0 Å². The number of hydrogen-bond donors (Lipinski definition) is 1. The third-order valence-corrected chi connectivity index (χ3v) is 2.18. The average Bonchev–Trinajstić information content (AvgIpc) is 2.61. The van der Waals surface area contributed by atoms with Crippen LogP contribution in [0.25, 0.3) is 10.9 Å². The summed E-state index contributed by atoms with van der Waals surface area (Å²) < 4.78 is 1.67. The number of benzene rings is 1. The van der Waals surface area contributed by atoms with Gasteiger partial charge in [-0.25, -0.2) is 0 Å². The van der Waals surface area contributed by atoms with Crippen molar-refractivity contribution in [3.05, 3.63) is 34.5 Å². The summed E-state index contributed by atoms with van der Waals surface area (Å²) in [5.74, 6) is 0. The fourth-order valence-electron chi connectivity index (χ4n) is 1.47. The van der Waals surface area contributed by atoms with Crippen LogP contribution in [0.1, 0.15) is 0 Å². The number of nitro benzene ring substituents is 1. The van der Waals surface area contributed by atoms with E-state index in [2.05, 4.69) is 5.10 Å². The van der Waals surface area contributed by atoms with E-state index in [0.717, 1.165) is 10.9 Å². The van der Waals surface area contributed by atoms with Crippen LogP contribution in [0, 0.1) is 10.1 Å². The van der Waals surface area contributed by atoms with E-state index in [9.17, 15) is 10.1 Å². The molecular formula is C9H11ClN4O2. The average molecular weight is 243 g/mol. The third-order valence-electron chi connectivity index (χ3n) is 2.18. The van der Waals surface area contributed by atoms with Crippen molar-refractivity contribution in [2.45, 2.75) is 6.54 Å². The summed E-state index contributed by atoms with van der Waals surface area (Å²) in [6.45, 7) is 1.02. The van der Waals surface area contributed by atoms with Crippen LogP contribution in [0.3, 0.4) is 0 Å². The number of aromatic nitrogens is 2. The number of nitrogens with zero attached hydrogens (tertiary/aromatic N) is 3. The minimum atomic E-state index is -0.417. The molecule has 86 valence electrons. The van der Waals surface area contributed by atoms with Crippen molar-refractivity contribution in [1.29, 1.82) is 0 Å². The molecule has 6 nitrogen and oxygen atoms in total. The number of hydrogen-bond acceptors (Lipinski definition) is 4. The van der Waals surface area contributed by atoms with Crippen LogP contribution in [0.5, 0.6) is 0 Å². The van der Waals surface area contributed by atoms with Crippen molar-refractivity contribution in [3.63, 3.8) is 0 Å². The molecule has 2 N–H and O–H groups in total. The van der Waals surface area contributed by atoms with Crippen LogP contribution < -0.4 is 5.73 Å². The van der Waals surface area contributed by atoms with E-state index in [1.807, 2.05) is 0 Å². The maximum absolute atomic E-state index is 10.6. The largest absolute Gasteiger partial charge is 0.329 e. The zero-order valence-electron chi connectivity index (χ0n) is 8.37. The van der Waals surface area contributed by atoms with Gasteiger partial charge in [-0.15, -0.1) is 12.4 Å². The molecule has 0 fully saturated rings. The molecule has 1 aromatic heterocycles. The lowest BCUT2D eigenvalue weighted by Gasteiger charge is -1.99. The summed E-state index contributed by atoms with van der Waals surface area (Å²) in [6.07, 6.45) is 1.68. The Labute approximate surface area is 97.6 Å². The van der Waals surface area contributed by atoms with Gasteiger partial charge in [0.05, 0.1) is 23.2 Å². The highest BCUT2D eigenvalue weighted by Crippen LogP contribution is 2.20. The van der Waals surface area contributed by atoms with Gasteiger partial charge in [0.15, 0.2) is 0 Å². The highest BCUT2D eigenvalue weighted by molar-refractivity contribution is 5.85. The Hall–Kier alpha value is -1.66. The van der Waals surface area contributed by atoms with Gasteiger partial charge in [-0.1, -0.05) is 0 Å². The maximum Gasteiger partial charge on any atom is 0.271 e. The van der Waals surface area contributed by atoms with E-state index in [1.165, 1.54) is 12.1 Å². The number of fused-ring (bicyclic) bond motifs is 1. The molecule has 0 saturated carbocycles. The van der Waals surface area contributed by atoms with Gasteiger partial charge in [-0.2, -0.15) is 5.10 Å². The molecule has 0 amide bonds. The Kier molecular flexibility index (Phi) is 3.81. The highest BCUT2D eigenvalue weighted by atomic mass is 35.5. The molecule has 0 aliphatic heterocycles. The van der Waals surface area contributed by atoms with Gasteiger partial charge in [0, 0.05) is 24.1 Å². The van der Waals surface area contributed by atoms with Gasteiger partial charge >= 0.3 is 0 Å². The smallest absolute Gasteiger partial charge is 0.271 e. The Bertz CT molecular complexity index is 511. The fraction of sp³-hybridized carbons (Fsp3) is 0.222. The molecule has 0 unspecified atom stereocenters. The molecule has 0 bridgehead atoms. The van der Waals surface area contributed by atoms with Crippen LogP contribution in [-0.2, 0) is 6.54 Å². The molecule has 2 aromatic rings. The molecule has 0 atom stereocenters. The number of non-ortho nitro benzene ring substituents is 1. The summed E-state index contributed by atoms with van der Waals surface area (Å²) in [4.78, 5) is 10.2. The number of rotatable bonds is 3. The van der Waals surface area contributed by atoms with Crippen molar-refractivity contribution < 1.29 is 4.92 Å². The summed E-state index contributed by atoms with van der Waals surface area (Å²) >= 11 is 0. The summed E-state index contributed by atoms with van der Waals surface area (Å²) in [5.41, 5.74) is 6.23. The van der Waals surface area contributed by atoms with Gasteiger partial charge in [0.25, 0.3) is 5.69 Å². The van der Waals surface area contributed by atoms with E-state index in [1.54, 1.807) is 16.9 Å². The molecule has 1 heterocycles. The Morgan fingerprint density at radius 1 is 1.50 bits per heavy atom. The lowest BCUT2D eigenvalue weighted by molar-refractivity contribution is -0.384. The minimum absolute atomic E-state index is 0. The number of halogens is 1. The monoisotopic (exact) mass is 242 g/mol. The zero-order chi connectivity index (χ0) is 10.8. The lowest BCUT2D eigenvalue weighted by Crippen LogP contribution is -2.10. The van der Waals surface area contributed by atoms with Crippen LogP contribution in [0.15, 0.2) is 24.4 Å². The molecule has 2 rings (SSSR count). The maximum atomic E-state index is 10.6. The van der Waals surface area contributed by atoms with Crippen LogP contribution >= 0.6 is 12.4 Å². The molecule has 0 saturated heterocycles. The molecule has 7 heteroatoms. The van der Waals surface area contributed by atoms with Gasteiger partial charge in [0.2, 0.25) is 0 Å². The minimum Gasteiger partial charge on any atom is -0.329 e. The van der Waals surface area contributed by atoms with Gasteiger partial charge in [0.1, 0.15) is 0 Å². The van der Waals surface area contributed by atoms with Crippen molar-refractivity contribution in [1.82, 2.24) is 9.78 Å². The van der Waals surface area contributed by atoms with Crippen molar-refractivity contribution in [2.75, 3.05) is 6.54 Å². The summed E-state index contributed by atoms with van der Waals surface area (Å²) in [6, 6.07) is 4.67. The van der Waals surface area contributed by atoms with Crippen molar-refractivity contribution in [2.24, 2.45) is 5.73 Å². The van der Waals surface area contributed by atoms with Gasteiger partial charge < -0.3 is 5.73 Å². The fourth-order valence-corrected chi connectivity index (χ4v) is 1.47. The Morgan fingerprint density at radius 3 is 2.88 bits per heavy atom. The molecule has 1 aromatic carbocycles. The summed E-state index contributed by atoms with van der Waals surface area (Å²) in [7, 11) is 0. The third kappa shape index (κ3) is 2.12. The molecule has 0 spiro atoms. The van der Waals surface area contributed by atoms with Gasteiger partial charge in [-0.3, -0.25) is 14.8 Å². The molecule has 0 aliphatic carbocycles. The zero-order valence-corrected chi connectivity index (χ0v) is 9.18. The number of nitro groups is 1. The van der Waals surface area contributed by atoms with Crippen molar-refractivity contribution in [3.8, 4) is 0 Å². The highest BCUT2D eigenvalue weighted by Gasteiger charge is 2.09. The molecular weight excluding hydrogens is 232 g/mol. The second kappa shape index (κ2) is 4.91. The topological polar surface area (TPSA) is 87.0 Å². The Morgan fingerprint density at radius 2 is 2.25 bits per heavy atom. The van der Waals surface area contributed by atoms with Crippen LogP contribution in [-0.4, -0.2) is 21.2 Å². The quantitative estimate of drug-likeness (QED) is 0.650. The predicted molar refractivity (Wildman–Crippen MR) is 62.7 cm³/mol. The van der Waals surface area contributed by atoms with Crippen LogP contribution in [0.4, 0.5) is 5.69 Å². The molecule has 0 radical (unpaired) electrons. The number of nitrogens with two attached hydrogens (primary N) is 1. The van der Waals surface area contributed by atoms with E-state index in [-0.39, 0.29) is 18.1 Å². The van der Waals surface area contributed by atoms with E-state index < -0.39 is 4.92 Å². The second-order valence-corrected chi connectivity index (χ2v) is 3.16. The van der Waals surface area contributed by atoms with Gasteiger partial charge in [-0.05, 0) is 6.07 Å². The molecule has 0 aliphatic rings. The SMILES string of the molecule is Cl.NCCn1ncc2ccc([N+](=O)[O-])cc21. The molecule has 16 heavy (non-hydrogen) atoms. The van der Waals surface area contributed by atoms with Crippen molar-refractivity contribution >= 4 is 29.0 Å². The van der Waals surface area contributed by atoms with E-state index in [4.69, 9.17) is 5.73 Å². The first-order chi connectivity index (χ1) is 7.22. The first-order valence-corrected chi connectivity index (χ1v) is 4.52. The summed E-state index contributed by atoms with van der Waals surface area (Å²) in [5, 5.41) is 15.6. The lowest BCUT2D eigenvalue weighted by atomic mass is 10.2. The van der Waals surface area contributed by atoms with E-state index >= 15 is 0 Å². The standard InChI is InChI=1S/C9H10N4O2.ClH/c10-3-4-12-9-5-8(13(14)15)2-1-7(9)6-11-12;/h1-2,5-6H,3-4,10H2;1H. The Balaban J connectivity index is 0.00000128. The predicted octanol–water partition coefficient (Wildman–Crippen LogP) is 1.32. The van der Waals surface area contributed by atoms with E-state index in [0.29, 0.717) is 13.1 Å². The first kappa shape index (κ1) is 12.4. The first-order valence-electron chi connectivity index (χ1n) is 4.52.